The molecule has 128 valence electrons. The zero-order chi connectivity index (χ0) is 15.6. The van der Waals surface area contributed by atoms with E-state index in [1.165, 1.54) is 0 Å². The molecule has 0 aliphatic rings. The summed E-state index contributed by atoms with van der Waals surface area (Å²) in [6.07, 6.45) is 0. The maximum Gasteiger partial charge on any atom is 0.0606 e. The van der Waals surface area contributed by atoms with E-state index in [0.29, 0.717) is 33.6 Å². The second kappa shape index (κ2) is 37.3. The Morgan fingerprint density at radius 2 is 0.900 bits per heavy atom. The third-order valence-electron chi connectivity index (χ3n) is 0.625. The molecule has 0 heterocycles. The summed E-state index contributed by atoms with van der Waals surface area (Å²) in [4.78, 5) is 0. The molecule has 20 heavy (non-hydrogen) atoms. The molecule has 0 rings (SSSR count). The molecule has 0 amide bonds. The van der Waals surface area contributed by atoms with Crippen molar-refractivity contribution in [3.8, 4) is 0 Å². The molecule has 0 bridgehead atoms. The van der Waals surface area contributed by atoms with E-state index in [2.05, 4.69) is 34.9 Å². The van der Waals surface area contributed by atoms with Crippen LogP contribution in [0.5, 0.6) is 0 Å². The number of halogens is 11. The van der Waals surface area contributed by atoms with E-state index in [9.17, 15) is 0 Å². The van der Waals surface area contributed by atoms with Gasteiger partial charge in [0.1, 0.15) is 0 Å². The Morgan fingerprint density at radius 3 is 0.900 bits per heavy atom. The second-order valence-electron chi connectivity index (χ2n) is 2.21. The van der Waals surface area contributed by atoms with Crippen LogP contribution < -0.4 is 0 Å². The summed E-state index contributed by atoms with van der Waals surface area (Å²) >= 11 is 36.3. The van der Waals surface area contributed by atoms with E-state index < -0.39 is 0 Å². The molecule has 0 aromatic rings. The van der Waals surface area contributed by atoms with Gasteiger partial charge in [0.15, 0.2) is 0 Å². The Labute approximate surface area is 163 Å². The van der Waals surface area contributed by atoms with Crippen molar-refractivity contribution in [3.05, 3.63) is 23.2 Å². The highest BCUT2D eigenvalue weighted by Crippen LogP contribution is 1.99. The first kappa shape index (κ1) is 37.9. The topological polar surface area (TPSA) is 0 Å². The van der Waals surface area contributed by atoms with Gasteiger partial charge in [-0.1, -0.05) is 36.4 Å². The third-order valence-corrected chi connectivity index (χ3v) is 3.18. The van der Waals surface area contributed by atoms with Gasteiger partial charge in [-0.2, -0.15) is 0 Å². The SMILES string of the molecule is C=C(Cl)CCl.C=C(Cl)CCl.ClCC(Cl)CCl.ClCl.F.F. The van der Waals surface area contributed by atoms with Crippen molar-refractivity contribution in [1.82, 2.24) is 0 Å². The van der Waals surface area contributed by atoms with Crippen molar-refractivity contribution in [2.45, 2.75) is 5.38 Å². The van der Waals surface area contributed by atoms with Gasteiger partial charge in [0.2, 0.25) is 0 Å². The van der Waals surface area contributed by atoms with Crippen molar-refractivity contribution in [2.24, 2.45) is 0 Å². The molecule has 0 saturated carbocycles. The Kier molecular flexibility index (Phi) is 70.6. The molecule has 0 aromatic carbocycles. The van der Waals surface area contributed by atoms with Crippen LogP contribution >= 0.6 is 103 Å². The summed E-state index contributed by atoms with van der Waals surface area (Å²) in [5.41, 5.74) is 0. The first-order valence-electron chi connectivity index (χ1n) is 4.04. The molecule has 0 aliphatic heterocycles. The fraction of sp³-hybridized carbons (Fsp3) is 0.556. The lowest BCUT2D eigenvalue weighted by Crippen LogP contribution is -1.99. The molecule has 0 unspecified atom stereocenters. The first-order valence-corrected chi connectivity index (χ1v) is 8.51. The highest BCUT2D eigenvalue weighted by atomic mass is 36.5. The van der Waals surface area contributed by atoms with E-state index in [4.69, 9.17) is 81.2 Å². The summed E-state index contributed by atoms with van der Waals surface area (Å²) in [6.45, 7) is 6.61. The molecule has 11 heteroatoms. The van der Waals surface area contributed by atoms with E-state index in [1.54, 1.807) is 0 Å². The minimum atomic E-state index is -0.0617. The van der Waals surface area contributed by atoms with Gasteiger partial charge < -0.3 is 0 Å². The molecule has 0 radical (unpaired) electrons. The number of hydrogen-bond donors (Lipinski definition) is 0. The molecule has 0 saturated heterocycles. The molecular formula is C9H15Cl9F2. The summed E-state index contributed by atoms with van der Waals surface area (Å²) in [6, 6.07) is 0. The van der Waals surface area contributed by atoms with E-state index in [0.717, 1.165) is 0 Å². The van der Waals surface area contributed by atoms with Crippen LogP contribution in [0.25, 0.3) is 0 Å². The molecule has 0 aromatic heterocycles. The molecular weight excluding hydrogens is 465 g/mol. The molecule has 0 N–H and O–H groups in total. The highest BCUT2D eigenvalue weighted by molar-refractivity contribution is 6.85. The van der Waals surface area contributed by atoms with Crippen molar-refractivity contribution in [1.29, 1.82) is 0 Å². The lowest BCUT2D eigenvalue weighted by Gasteiger charge is -1.92. The highest BCUT2D eigenvalue weighted by Gasteiger charge is 1.95. The average molecular weight is 480 g/mol. The Bertz CT molecular complexity index is 163. The van der Waals surface area contributed by atoms with Gasteiger partial charge in [-0.3, -0.25) is 9.41 Å². The number of hydrogen-bond acceptors (Lipinski definition) is 0. The molecule has 0 aliphatic carbocycles. The van der Waals surface area contributed by atoms with Gasteiger partial charge >= 0.3 is 0 Å². The molecule has 0 atom stereocenters. The summed E-state index contributed by atoms with van der Waals surface area (Å²) in [5, 5.41) is 0.923. The monoisotopic (exact) mass is 476 g/mol. The van der Waals surface area contributed by atoms with Gasteiger partial charge in [0, 0.05) is 43.5 Å². The van der Waals surface area contributed by atoms with Crippen molar-refractivity contribution in [2.75, 3.05) is 23.5 Å². The standard InChI is InChI=1S/C3H5Cl3.2C3H4Cl2.Cl2.2FH/c4-1-3(6)2-5;2*1-3(5)2-4;1-2;;/h3H,1-2H2;2*1-2H2;;2*1H. The van der Waals surface area contributed by atoms with Crippen LogP contribution in [0.3, 0.4) is 0 Å². The maximum absolute atomic E-state index is 5.39. The Morgan fingerprint density at radius 1 is 0.750 bits per heavy atom. The summed E-state index contributed by atoms with van der Waals surface area (Å²) < 4.78 is 0. The van der Waals surface area contributed by atoms with Crippen molar-refractivity contribution in [3.63, 3.8) is 0 Å². The number of alkyl halides is 5. The van der Waals surface area contributed by atoms with Crippen LogP contribution in [0.1, 0.15) is 0 Å². The summed E-state index contributed by atoms with van der Waals surface area (Å²) in [7, 11) is 8.22. The largest absolute Gasteiger partial charge is 0.269 e. The van der Waals surface area contributed by atoms with Gasteiger partial charge in [-0.25, -0.2) is 0 Å². The zero-order valence-corrected chi connectivity index (χ0v) is 16.8. The predicted octanol–water partition coefficient (Wildman–Crippen LogP) is 7.71. The minimum Gasteiger partial charge on any atom is -0.269 e. The molecule has 0 spiro atoms. The quantitative estimate of drug-likeness (QED) is 0.362. The normalized spacial score (nSPS) is 7.10. The molecule has 0 nitrogen and oxygen atoms in total. The minimum absolute atomic E-state index is 0. The molecule has 0 fully saturated rings. The van der Waals surface area contributed by atoms with Crippen LogP contribution in [0, 0.1) is 0 Å². The average Bonchev–Trinajstić information content (AvgIpc) is 2.41. The third kappa shape index (κ3) is 72.4. The van der Waals surface area contributed by atoms with Crippen LogP contribution in [0.2, 0.25) is 0 Å². The smallest absolute Gasteiger partial charge is 0.0606 e. The van der Waals surface area contributed by atoms with Crippen LogP contribution in [0.15, 0.2) is 23.2 Å². The van der Waals surface area contributed by atoms with Crippen LogP contribution in [-0.4, -0.2) is 28.9 Å². The number of allylic oxidation sites excluding steroid dienone is 2. The second-order valence-corrected chi connectivity index (χ2v) is 5.05. The van der Waals surface area contributed by atoms with Crippen molar-refractivity contribution >= 4 is 103 Å². The lowest BCUT2D eigenvalue weighted by atomic mass is 10.6. The van der Waals surface area contributed by atoms with Crippen LogP contribution in [0.4, 0.5) is 9.41 Å². The van der Waals surface area contributed by atoms with E-state index in [-0.39, 0.29) is 14.8 Å². The van der Waals surface area contributed by atoms with E-state index >= 15 is 0 Å². The van der Waals surface area contributed by atoms with Crippen LogP contribution in [-0.2, 0) is 0 Å². The fourth-order valence-corrected chi connectivity index (χ4v) is 0.371. The lowest BCUT2D eigenvalue weighted by molar-refractivity contribution is 1.11. The summed E-state index contributed by atoms with van der Waals surface area (Å²) in [5.74, 6) is 1.57. The van der Waals surface area contributed by atoms with Gasteiger partial charge in [-0.15, -0.1) is 58.0 Å². The number of rotatable bonds is 4. The van der Waals surface area contributed by atoms with Gasteiger partial charge in [0.25, 0.3) is 0 Å². The Balaban J connectivity index is -0.0000000331. The maximum atomic E-state index is 5.39. The van der Waals surface area contributed by atoms with Gasteiger partial charge in [0.05, 0.1) is 17.1 Å². The van der Waals surface area contributed by atoms with Gasteiger partial charge in [-0.05, 0) is 0 Å². The zero-order valence-electron chi connectivity index (χ0n) is 10.0. The van der Waals surface area contributed by atoms with Crippen molar-refractivity contribution < 1.29 is 9.41 Å². The first-order chi connectivity index (χ1) is 8.35. The fourth-order valence-electron chi connectivity index (χ4n) is 0.0412. The van der Waals surface area contributed by atoms with E-state index in [1.807, 2.05) is 0 Å². The Hall–Kier alpha value is 1.95. The predicted molar refractivity (Wildman–Crippen MR) is 99.2 cm³/mol.